The predicted molar refractivity (Wildman–Crippen MR) is 65.0 cm³/mol. The van der Waals surface area contributed by atoms with Crippen molar-refractivity contribution in [2.75, 3.05) is 12.4 Å². The van der Waals surface area contributed by atoms with Crippen LogP contribution < -0.4 is 10.1 Å². The van der Waals surface area contributed by atoms with Crippen molar-refractivity contribution in [1.82, 2.24) is 10.3 Å². The van der Waals surface area contributed by atoms with Gasteiger partial charge in [-0.2, -0.15) is 0 Å². The molecule has 7 heteroatoms. The van der Waals surface area contributed by atoms with E-state index < -0.39 is 5.91 Å². The normalized spacial score (nSPS) is 10.2. The van der Waals surface area contributed by atoms with E-state index in [0.29, 0.717) is 22.0 Å². The Morgan fingerprint density at radius 3 is 2.83 bits per heavy atom. The zero-order chi connectivity index (χ0) is 13.1. The molecular formula is C11H10ClN3O3. The molecule has 2 aromatic rings. The highest BCUT2D eigenvalue weighted by molar-refractivity contribution is 6.31. The van der Waals surface area contributed by atoms with Crippen LogP contribution in [-0.4, -0.2) is 23.3 Å². The molecule has 2 rings (SSSR count). The Morgan fingerprint density at radius 2 is 2.22 bits per heavy atom. The van der Waals surface area contributed by atoms with Crippen molar-refractivity contribution in [3.05, 3.63) is 34.5 Å². The lowest BCUT2D eigenvalue weighted by molar-refractivity contribution is 0.102. The zero-order valence-electron chi connectivity index (χ0n) is 9.73. The van der Waals surface area contributed by atoms with Crippen molar-refractivity contribution in [2.24, 2.45) is 0 Å². The minimum absolute atomic E-state index is 0.266. The number of amides is 1. The van der Waals surface area contributed by atoms with E-state index in [-0.39, 0.29) is 5.82 Å². The molecule has 0 fully saturated rings. The van der Waals surface area contributed by atoms with Gasteiger partial charge < -0.3 is 10.1 Å². The fourth-order valence-electron chi connectivity index (χ4n) is 1.38. The van der Waals surface area contributed by atoms with Crippen LogP contribution in [0.25, 0.3) is 0 Å². The monoisotopic (exact) mass is 267 g/mol. The fraction of sp³-hybridized carbons (Fsp3) is 0.182. The van der Waals surface area contributed by atoms with Gasteiger partial charge in [-0.25, -0.2) is 4.63 Å². The Kier molecular flexibility index (Phi) is 3.47. The summed E-state index contributed by atoms with van der Waals surface area (Å²) in [6, 6.07) is 4.77. The lowest BCUT2D eigenvalue weighted by atomic mass is 10.2. The number of ether oxygens (including phenoxy) is 1. The molecule has 0 saturated carbocycles. The number of anilines is 1. The number of halogens is 1. The molecule has 6 nitrogen and oxygen atoms in total. The molecule has 1 N–H and O–H groups in total. The number of carbonyl (C=O) groups is 1. The molecule has 0 saturated heterocycles. The summed E-state index contributed by atoms with van der Waals surface area (Å²) >= 11 is 5.85. The van der Waals surface area contributed by atoms with Gasteiger partial charge in [0.1, 0.15) is 11.4 Å². The molecule has 18 heavy (non-hydrogen) atoms. The Labute approximate surface area is 108 Å². The number of methoxy groups -OCH3 is 1. The highest BCUT2D eigenvalue weighted by Crippen LogP contribution is 2.23. The molecule has 0 aliphatic heterocycles. The van der Waals surface area contributed by atoms with Gasteiger partial charge in [-0.15, -0.1) is 0 Å². The van der Waals surface area contributed by atoms with Gasteiger partial charge in [-0.3, -0.25) is 4.79 Å². The van der Waals surface area contributed by atoms with E-state index >= 15 is 0 Å². The van der Waals surface area contributed by atoms with E-state index in [2.05, 4.69) is 20.3 Å². The molecule has 94 valence electrons. The van der Waals surface area contributed by atoms with Gasteiger partial charge in [0, 0.05) is 5.02 Å². The minimum atomic E-state index is -0.395. The summed E-state index contributed by atoms with van der Waals surface area (Å²) in [6.07, 6.45) is 0. The number of aromatic nitrogens is 2. The SMILES string of the molecule is COc1ccc(Cl)cc1C(=O)Nc1nonc1C. The molecule has 0 radical (unpaired) electrons. The third kappa shape index (κ3) is 2.43. The van der Waals surface area contributed by atoms with Crippen LogP contribution in [0.1, 0.15) is 16.1 Å². The van der Waals surface area contributed by atoms with Crippen molar-refractivity contribution in [3.63, 3.8) is 0 Å². The number of benzene rings is 1. The van der Waals surface area contributed by atoms with Crippen molar-refractivity contribution in [3.8, 4) is 5.75 Å². The van der Waals surface area contributed by atoms with Crippen LogP contribution in [0.4, 0.5) is 5.82 Å². The minimum Gasteiger partial charge on any atom is -0.496 e. The van der Waals surface area contributed by atoms with Crippen molar-refractivity contribution >= 4 is 23.3 Å². The van der Waals surface area contributed by atoms with Crippen molar-refractivity contribution in [1.29, 1.82) is 0 Å². The number of carbonyl (C=O) groups excluding carboxylic acids is 1. The quantitative estimate of drug-likeness (QED) is 0.923. The first-order valence-electron chi connectivity index (χ1n) is 5.06. The molecule has 1 aromatic carbocycles. The van der Waals surface area contributed by atoms with E-state index in [4.69, 9.17) is 16.3 Å². The first-order chi connectivity index (χ1) is 8.61. The third-order valence-electron chi connectivity index (χ3n) is 2.29. The summed E-state index contributed by atoms with van der Waals surface area (Å²) in [7, 11) is 1.48. The second-order valence-corrected chi connectivity index (χ2v) is 3.93. The first-order valence-corrected chi connectivity index (χ1v) is 5.43. The first kappa shape index (κ1) is 12.4. The molecule has 1 amide bonds. The van der Waals surface area contributed by atoms with Gasteiger partial charge in [0.15, 0.2) is 0 Å². The van der Waals surface area contributed by atoms with Crippen LogP contribution in [0.3, 0.4) is 0 Å². The van der Waals surface area contributed by atoms with Crippen LogP contribution in [0.15, 0.2) is 22.8 Å². The number of hydrogen-bond donors (Lipinski definition) is 1. The lowest BCUT2D eigenvalue weighted by Gasteiger charge is -2.08. The zero-order valence-corrected chi connectivity index (χ0v) is 10.5. The molecule has 0 atom stereocenters. The number of aryl methyl sites for hydroxylation is 1. The highest BCUT2D eigenvalue weighted by Gasteiger charge is 2.16. The lowest BCUT2D eigenvalue weighted by Crippen LogP contribution is -2.14. The van der Waals surface area contributed by atoms with Gasteiger partial charge in [0.05, 0.1) is 12.7 Å². The second-order valence-electron chi connectivity index (χ2n) is 3.50. The number of nitrogens with one attached hydrogen (secondary N) is 1. The molecule has 0 bridgehead atoms. The highest BCUT2D eigenvalue weighted by atomic mass is 35.5. The van der Waals surface area contributed by atoms with Crippen LogP contribution in [0.2, 0.25) is 5.02 Å². The topological polar surface area (TPSA) is 77.2 Å². The predicted octanol–water partition coefficient (Wildman–Crippen LogP) is 2.29. The van der Waals surface area contributed by atoms with E-state index in [9.17, 15) is 4.79 Å². The number of hydrogen-bond acceptors (Lipinski definition) is 5. The maximum absolute atomic E-state index is 12.0. The van der Waals surface area contributed by atoms with E-state index in [1.54, 1.807) is 19.1 Å². The van der Waals surface area contributed by atoms with E-state index in [1.165, 1.54) is 13.2 Å². The van der Waals surface area contributed by atoms with Crippen LogP contribution in [0, 0.1) is 6.92 Å². The van der Waals surface area contributed by atoms with Crippen molar-refractivity contribution < 1.29 is 14.2 Å². The van der Waals surface area contributed by atoms with E-state index in [0.717, 1.165) is 0 Å². The van der Waals surface area contributed by atoms with Crippen molar-refractivity contribution in [2.45, 2.75) is 6.92 Å². The van der Waals surface area contributed by atoms with Gasteiger partial charge in [-0.1, -0.05) is 16.8 Å². The Morgan fingerprint density at radius 1 is 1.44 bits per heavy atom. The number of rotatable bonds is 3. The summed E-state index contributed by atoms with van der Waals surface area (Å²) in [5.74, 6) is 0.293. The Balaban J connectivity index is 2.29. The average molecular weight is 268 g/mol. The Hall–Kier alpha value is -2.08. The maximum atomic E-state index is 12.0. The molecule has 0 aliphatic rings. The van der Waals surface area contributed by atoms with Crippen LogP contribution in [0.5, 0.6) is 5.75 Å². The molecule has 0 spiro atoms. The second kappa shape index (κ2) is 5.05. The third-order valence-corrected chi connectivity index (χ3v) is 2.53. The van der Waals surface area contributed by atoms with Gasteiger partial charge in [-0.05, 0) is 30.3 Å². The summed E-state index contributed by atoms with van der Waals surface area (Å²) in [5, 5.41) is 10.1. The standard InChI is InChI=1S/C11H10ClN3O3/c1-6-10(15-18-14-6)13-11(16)8-5-7(12)3-4-9(8)17-2/h3-5H,1-2H3,(H,13,15,16). The molecule has 1 aromatic heterocycles. The van der Waals surface area contributed by atoms with Crippen LogP contribution >= 0.6 is 11.6 Å². The Bertz CT molecular complexity index is 583. The fourth-order valence-corrected chi connectivity index (χ4v) is 1.55. The van der Waals surface area contributed by atoms with Gasteiger partial charge >= 0.3 is 0 Å². The van der Waals surface area contributed by atoms with Gasteiger partial charge in [0.25, 0.3) is 5.91 Å². The average Bonchev–Trinajstić information content (AvgIpc) is 2.75. The summed E-state index contributed by atoms with van der Waals surface area (Å²) in [6.45, 7) is 1.67. The summed E-state index contributed by atoms with van der Waals surface area (Å²) < 4.78 is 9.58. The molecule has 1 heterocycles. The summed E-state index contributed by atoms with van der Waals surface area (Å²) in [4.78, 5) is 12.0. The summed E-state index contributed by atoms with van der Waals surface area (Å²) in [5.41, 5.74) is 0.803. The van der Waals surface area contributed by atoms with Crippen LogP contribution in [-0.2, 0) is 0 Å². The molecule has 0 unspecified atom stereocenters. The smallest absolute Gasteiger partial charge is 0.260 e. The maximum Gasteiger partial charge on any atom is 0.260 e. The molecular weight excluding hydrogens is 258 g/mol. The number of nitrogens with zero attached hydrogens (tertiary/aromatic N) is 2. The largest absolute Gasteiger partial charge is 0.496 e. The van der Waals surface area contributed by atoms with Gasteiger partial charge in [0.2, 0.25) is 5.82 Å². The van der Waals surface area contributed by atoms with E-state index in [1.807, 2.05) is 0 Å². The molecule has 0 aliphatic carbocycles.